The van der Waals surface area contributed by atoms with Crippen LogP contribution < -0.4 is 15.0 Å². The molecule has 0 aromatic heterocycles. The molecular weight excluding hydrogens is 428 g/mol. The van der Waals surface area contributed by atoms with E-state index in [2.05, 4.69) is 52.7 Å². The van der Waals surface area contributed by atoms with Gasteiger partial charge >= 0.3 is 0 Å². The fourth-order valence-electron chi connectivity index (χ4n) is 4.13. The molecule has 0 bridgehead atoms. The summed E-state index contributed by atoms with van der Waals surface area (Å²) in [5.41, 5.74) is 5.21. The number of benzene rings is 3. The van der Waals surface area contributed by atoms with Crippen molar-refractivity contribution in [2.24, 2.45) is 0 Å². The van der Waals surface area contributed by atoms with Crippen molar-refractivity contribution in [3.63, 3.8) is 0 Å². The SMILES string of the molecule is CC(C)(C=O)Sc1ccc(NCc2cccc3c2CCCN3CCOc2ccccc2)cc1. The molecule has 1 heterocycles. The topological polar surface area (TPSA) is 41.6 Å². The highest BCUT2D eigenvalue weighted by atomic mass is 32.2. The van der Waals surface area contributed by atoms with Crippen LogP contribution in [0.4, 0.5) is 11.4 Å². The van der Waals surface area contributed by atoms with E-state index in [1.807, 2.05) is 44.2 Å². The molecule has 0 spiro atoms. The van der Waals surface area contributed by atoms with Crippen LogP contribution in [0.5, 0.6) is 5.75 Å². The molecule has 3 aromatic rings. The predicted molar refractivity (Wildman–Crippen MR) is 139 cm³/mol. The molecule has 0 saturated carbocycles. The van der Waals surface area contributed by atoms with Crippen LogP contribution in [-0.4, -0.2) is 30.7 Å². The second-order valence-corrected chi connectivity index (χ2v) is 10.6. The molecule has 172 valence electrons. The van der Waals surface area contributed by atoms with Gasteiger partial charge in [0.25, 0.3) is 0 Å². The van der Waals surface area contributed by atoms with Crippen molar-refractivity contribution in [1.82, 2.24) is 0 Å². The number of aldehydes is 1. The average Bonchev–Trinajstić information content (AvgIpc) is 2.84. The van der Waals surface area contributed by atoms with Crippen molar-refractivity contribution in [2.75, 3.05) is 29.9 Å². The first-order valence-electron chi connectivity index (χ1n) is 11.6. The highest BCUT2D eigenvalue weighted by Crippen LogP contribution is 2.32. The second kappa shape index (κ2) is 10.8. The Labute approximate surface area is 201 Å². The molecule has 0 saturated heterocycles. The van der Waals surface area contributed by atoms with Crippen LogP contribution in [0.25, 0.3) is 0 Å². The van der Waals surface area contributed by atoms with Gasteiger partial charge in [-0.05, 0) is 80.3 Å². The summed E-state index contributed by atoms with van der Waals surface area (Å²) in [4.78, 5) is 14.7. The third kappa shape index (κ3) is 6.32. The van der Waals surface area contributed by atoms with E-state index < -0.39 is 4.75 Å². The van der Waals surface area contributed by atoms with Crippen LogP contribution >= 0.6 is 11.8 Å². The molecule has 1 aliphatic heterocycles. The molecule has 33 heavy (non-hydrogen) atoms. The average molecular weight is 461 g/mol. The van der Waals surface area contributed by atoms with E-state index in [9.17, 15) is 4.79 Å². The largest absolute Gasteiger partial charge is 0.492 e. The Morgan fingerprint density at radius 1 is 1.03 bits per heavy atom. The standard InChI is InChI=1S/C28H32N2O2S/c1-28(2,21-31)33-25-15-13-23(14-16-25)29-20-22-8-6-12-27-26(22)11-7-17-30(27)18-19-32-24-9-4-3-5-10-24/h3-6,8-10,12-16,21,29H,7,11,17-20H2,1-2H3. The maximum atomic E-state index is 11.2. The van der Waals surface area contributed by atoms with Gasteiger partial charge in [-0.1, -0.05) is 30.3 Å². The Kier molecular flexibility index (Phi) is 7.61. The molecule has 0 aliphatic carbocycles. The number of anilines is 2. The van der Waals surface area contributed by atoms with Gasteiger partial charge in [-0.3, -0.25) is 0 Å². The summed E-state index contributed by atoms with van der Waals surface area (Å²) >= 11 is 1.58. The van der Waals surface area contributed by atoms with Crippen molar-refractivity contribution in [3.8, 4) is 5.75 Å². The van der Waals surface area contributed by atoms with Crippen LogP contribution in [0.3, 0.4) is 0 Å². The van der Waals surface area contributed by atoms with Crippen molar-refractivity contribution in [1.29, 1.82) is 0 Å². The number of fused-ring (bicyclic) bond motifs is 1. The number of thioether (sulfide) groups is 1. The quantitative estimate of drug-likeness (QED) is 0.288. The zero-order valence-electron chi connectivity index (χ0n) is 19.4. The number of ether oxygens (including phenoxy) is 1. The first kappa shape index (κ1) is 23.2. The van der Waals surface area contributed by atoms with Crippen LogP contribution in [-0.2, 0) is 17.8 Å². The minimum Gasteiger partial charge on any atom is -0.492 e. The molecule has 4 nitrogen and oxygen atoms in total. The fraction of sp³-hybridized carbons (Fsp3) is 0.321. The van der Waals surface area contributed by atoms with E-state index in [0.717, 1.165) is 55.1 Å². The highest BCUT2D eigenvalue weighted by molar-refractivity contribution is 8.01. The van der Waals surface area contributed by atoms with Gasteiger partial charge in [0.1, 0.15) is 18.6 Å². The number of nitrogens with one attached hydrogen (secondary N) is 1. The molecule has 0 unspecified atom stereocenters. The molecule has 3 aromatic carbocycles. The lowest BCUT2D eigenvalue weighted by atomic mass is 9.96. The van der Waals surface area contributed by atoms with Crippen LogP contribution in [0.2, 0.25) is 0 Å². The van der Waals surface area contributed by atoms with Gasteiger partial charge in [-0.2, -0.15) is 0 Å². The monoisotopic (exact) mass is 460 g/mol. The van der Waals surface area contributed by atoms with Gasteiger partial charge in [0.15, 0.2) is 0 Å². The summed E-state index contributed by atoms with van der Waals surface area (Å²) in [6.45, 7) is 7.30. The molecule has 1 N–H and O–H groups in total. The first-order chi connectivity index (χ1) is 16.0. The van der Waals surface area contributed by atoms with Gasteiger partial charge < -0.3 is 19.7 Å². The minimum absolute atomic E-state index is 0.407. The van der Waals surface area contributed by atoms with E-state index in [0.29, 0.717) is 6.61 Å². The zero-order valence-corrected chi connectivity index (χ0v) is 20.2. The normalized spacial score (nSPS) is 13.3. The van der Waals surface area contributed by atoms with E-state index in [1.165, 1.54) is 16.8 Å². The number of hydrogen-bond acceptors (Lipinski definition) is 5. The molecule has 5 heteroatoms. The van der Waals surface area contributed by atoms with E-state index in [4.69, 9.17) is 4.74 Å². The van der Waals surface area contributed by atoms with Crippen molar-refractivity contribution in [2.45, 2.75) is 42.9 Å². The first-order valence-corrected chi connectivity index (χ1v) is 12.4. The van der Waals surface area contributed by atoms with Crippen LogP contribution in [0, 0.1) is 0 Å². The predicted octanol–water partition coefficient (Wildman–Crippen LogP) is 6.20. The van der Waals surface area contributed by atoms with E-state index in [1.54, 1.807) is 11.8 Å². The summed E-state index contributed by atoms with van der Waals surface area (Å²) in [6, 6.07) is 25.0. The number of rotatable bonds is 10. The van der Waals surface area contributed by atoms with Crippen LogP contribution in [0.1, 0.15) is 31.4 Å². The Bertz CT molecular complexity index is 1050. The van der Waals surface area contributed by atoms with Crippen LogP contribution in [0.15, 0.2) is 77.7 Å². The minimum atomic E-state index is -0.407. The Morgan fingerprint density at radius 3 is 2.58 bits per heavy atom. The molecule has 4 rings (SSSR count). The van der Waals surface area contributed by atoms with Gasteiger partial charge in [0, 0.05) is 29.4 Å². The van der Waals surface area contributed by atoms with Gasteiger partial charge in [-0.25, -0.2) is 0 Å². The van der Waals surface area contributed by atoms with Gasteiger partial charge in [0.2, 0.25) is 0 Å². The third-order valence-corrected chi connectivity index (χ3v) is 6.95. The highest BCUT2D eigenvalue weighted by Gasteiger charge is 2.20. The van der Waals surface area contributed by atoms with Gasteiger partial charge in [-0.15, -0.1) is 11.8 Å². The zero-order chi connectivity index (χ0) is 23.1. The lowest BCUT2D eigenvalue weighted by Crippen LogP contribution is -2.33. The number of para-hydroxylation sites is 1. The summed E-state index contributed by atoms with van der Waals surface area (Å²) in [6.07, 6.45) is 3.27. The maximum absolute atomic E-state index is 11.2. The Hall–Kier alpha value is -2.92. The number of hydrogen-bond donors (Lipinski definition) is 1. The fourth-order valence-corrected chi connectivity index (χ4v) is 5.06. The summed E-state index contributed by atoms with van der Waals surface area (Å²) in [5, 5.41) is 3.57. The van der Waals surface area contributed by atoms with E-state index in [-0.39, 0.29) is 0 Å². The molecule has 0 amide bonds. The van der Waals surface area contributed by atoms with Gasteiger partial charge in [0.05, 0.1) is 11.3 Å². The Balaban J connectivity index is 1.36. The third-order valence-electron chi connectivity index (χ3n) is 5.82. The lowest BCUT2D eigenvalue weighted by Gasteiger charge is -2.32. The smallest absolute Gasteiger partial charge is 0.135 e. The molecule has 1 aliphatic rings. The Morgan fingerprint density at radius 2 is 1.82 bits per heavy atom. The molecule has 0 radical (unpaired) electrons. The number of carbonyl (C=O) groups is 1. The summed E-state index contributed by atoms with van der Waals surface area (Å²) < 4.78 is 5.52. The van der Waals surface area contributed by atoms with Crippen molar-refractivity contribution in [3.05, 3.63) is 83.9 Å². The summed E-state index contributed by atoms with van der Waals surface area (Å²) in [7, 11) is 0. The number of carbonyl (C=O) groups excluding carboxylic acids is 1. The lowest BCUT2D eigenvalue weighted by molar-refractivity contribution is -0.109. The second-order valence-electron chi connectivity index (χ2n) is 8.87. The van der Waals surface area contributed by atoms with Crippen molar-refractivity contribution < 1.29 is 9.53 Å². The summed E-state index contributed by atoms with van der Waals surface area (Å²) in [5.74, 6) is 0.923. The molecule has 0 fully saturated rings. The molecule has 0 atom stereocenters. The number of nitrogens with zero attached hydrogens (tertiary/aromatic N) is 1. The van der Waals surface area contributed by atoms with E-state index >= 15 is 0 Å². The van der Waals surface area contributed by atoms with Crippen molar-refractivity contribution >= 4 is 29.4 Å². The maximum Gasteiger partial charge on any atom is 0.135 e. The molecular formula is C28H32N2O2S.